The van der Waals surface area contributed by atoms with Crippen molar-refractivity contribution >= 4 is 11.8 Å². The van der Waals surface area contributed by atoms with Crippen LogP contribution in [0.2, 0.25) is 0 Å². The van der Waals surface area contributed by atoms with Crippen molar-refractivity contribution in [2.75, 3.05) is 13.1 Å². The predicted molar refractivity (Wildman–Crippen MR) is 93.0 cm³/mol. The first-order valence-electron chi connectivity index (χ1n) is 8.99. The standard InChI is InChI=1S/C19H27N3O2/c1-2-13-12-22(19(24)15-8-9-15)11-10-16(13)21-17(18(20)23)14-6-4-3-5-7-14/h3-7,13,15-17,21H,2,8-12H2,1H3,(H2,20,23)/t13-,16+,17+/m1/s1. The molecule has 1 saturated carbocycles. The van der Waals surface area contributed by atoms with Gasteiger partial charge >= 0.3 is 0 Å². The van der Waals surface area contributed by atoms with Crippen LogP contribution in [0.1, 0.15) is 44.2 Å². The second-order valence-electron chi connectivity index (χ2n) is 7.03. The molecule has 0 radical (unpaired) electrons. The van der Waals surface area contributed by atoms with Crippen molar-refractivity contribution < 1.29 is 9.59 Å². The summed E-state index contributed by atoms with van der Waals surface area (Å²) in [4.78, 5) is 26.3. The van der Waals surface area contributed by atoms with Crippen molar-refractivity contribution in [3.05, 3.63) is 35.9 Å². The number of carbonyl (C=O) groups excluding carboxylic acids is 2. The highest BCUT2D eigenvalue weighted by Crippen LogP contribution is 2.33. The highest BCUT2D eigenvalue weighted by molar-refractivity contribution is 5.82. The van der Waals surface area contributed by atoms with E-state index in [2.05, 4.69) is 12.2 Å². The molecule has 0 bridgehead atoms. The van der Waals surface area contributed by atoms with Crippen LogP contribution in [0.25, 0.3) is 0 Å². The van der Waals surface area contributed by atoms with Crippen molar-refractivity contribution in [1.82, 2.24) is 10.2 Å². The van der Waals surface area contributed by atoms with Crippen LogP contribution in [0.3, 0.4) is 0 Å². The van der Waals surface area contributed by atoms with Crippen LogP contribution in [0.4, 0.5) is 0 Å². The summed E-state index contributed by atoms with van der Waals surface area (Å²) in [7, 11) is 0. The van der Waals surface area contributed by atoms with E-state index >= 15 is 0 Å². The zero-order chi connectivity index (χ0) is 17.1. The molecule has 1 aromatic rings. The smallest absolute Gasteiger partial charge is 0.239 e. The number of amides is 2. The molecule has 1 aliphatic carbocycles. The van der Waals surface area contributed by atoms with Crippen molar-refractivity contribution in [3.8, 4) is 0 Å². The van der Waals surface area contributed by atoms with Gasteiger partial charge in [0.2, 0.25) is 11.8 Å². The Kier molecular flexibility index (Phi) is 5.19. The molecule has 2 fully saturated rings. The van der Waals surface area contributed by atoms with E-state index in [-0.39, 0.29) is 17.9 Å². The Morgan fingerprint density at radius 1 is 1.25 bits per heavy atom. The number of carbonyl (C=O) groups is 2. The topological polar surface area (TPSA) is 75.4 Å². The summed E-state index contributed by atoms with van der Waals surface area (Å²) in [6, 6.07) is 9.34. The quantitative estimate of drug-likeness (QED) is 0.836. The van der Waals surface area contributed by atoms with Crippen LogP contribution in [-0.2, 0) is 9.59 Å². The molecule has 3 atom stereocenters. The fourth-order valence-corrected chi connectivity index (χ4v) is 3.66. The van der Waals surface area contributed by atoms with Gasteiger partial charge in [-0.1, -0.05) is 43.7 Å². The van der Waals surface area contributed by atoms with E-state index in [9.17, 15) is 9.59 Å². The van der Waals surface area contributed by atoms with Gasteiger partial charge in [-0.2, -0.15) is 0 Å². The lowest BCUT2D eigenvalue weighted by atomic mass is 9.88. The highest BCUT2D eigenvalue weighted by atomic mass is 16.2. The maximum atomic E-state index is 12.3. The zero-order valence-electron chi connectivity index (χ0n) is 14.3. The molecule has 24 heavy (non-hydrogen) atoms. The fourth-order valence-electron chi connectivity index (χ4n) is 3.66. The molecule has 5 nitrogen and oxygen atoms in total. The first-order valence-corrected chi connectivity index (χ1v) is 8.99. The van der Waals surface area contributed by atoms with E-state index in [1.54, 1.807) is 0 Å². The van der Waals surface area contributed by atoms with Crippen molar-refractivity contribution in [1.29, 1.82) is 0 Å². The average molecular weight is 329 g/mol. The third kappa shape index (κ3) is 3.78. The highest BCUT2D eigenvalue weighted by Gasteiger charge is 2.38. The monoisotopic (exact) mass is 329 g/mol. The van der Waals surface area contributed by atoms with E-state index in [4.69, 9.17) is 5.73 Å². The van der Waals surface area contributed by atoms with Crippen LogP contribution < -0.4 is 11.1 Å². The number of likely N-dealkylation sites (tertiary alicyclic amines) is 1. The minimum Gasteiger partial charge on any atom is -0.368 e. The zero-order valence-corrected chi connectivity index (χ0v) is 14.3. The van der Waals surface area contributed by atoms with Crippen molar-refractivity contribution in [3.63, 3.8) is 0 Å². The predicted octanol–water partition coefficient (Wildman–Crippen LogP) is 1.84. The Labute approximate surface area is 143 Å². The summed E-state index contributed by atoms with van der Waals surface area (Å²) in [6.07, 6.45) is 3.94. The molecule has 1 aromatic carbocycles. The van der Waals surface area contributed by atoms with Gasteiger partial charge in [-0.05, 0) is 30.7 Å². The first kappa shape index (κ1) is 17.0. The minimum absolute atomic E-state index is 0.205. The Bertz CT molecular complexity index is 586. The summed E-state index contributed by atoms with van der Waals surface area (Å²) >= 11 is 0. The molecule has 130 valence electrons. The number of rotatable bonds is 6. The lowest BCUT2D eigenvalue weighted by Crippen LogP contribution is -2.53. The molecule has 5 heteroatoms. The molecule has 2 amide bonds. The Balaban J connectivity index is 1.67. The number of nitrogens with one attached hydrogen (secondary N) is 1. The van der Waals surface area contributed by atoms with Gasteiger partial charge in [0.25, 0.3) is 0 Å². The van der Waals surface area contributed by atoms with Gasteiger partial charge in [0.05, 0.1) is 0 Å². The summed E-state index contributed by atoms with van der Waals surface area (Å²) in [6.45, 7) is 3.69. The summed E-state index contributed by atoms with van der Waals surface area (Å²) in [5.41, 5.74) is 6.53. The summed E-state index contributed by atoms with van der Waals surface area (Å²) in [5, 5.41) is 3.46. The molecular weight excluding hydrogens is 302 g/mol. The van der Waals surface area contributed by atoms with Crippen LogP contribution in [0.5, 0.6) is 0 Å². The first-order chi connectivity index (χ1) is 11.6. The van der Waals surface area contributed by atoms with Crippen molar-refractivity contribution in [2.45, 2.75) is 44.7 Å². The second-order valence-corrected chi connectivity index (χ2v) is 7.03. The number of nitrogens with two attached hydrogens (primary N) is 1. The number of hydrogen-bond donors (Lipinski definition) is 2. The maximum absolute atomic E-state index is 12.3. The second kappa shape index (κ2) is 7.34. The van der Waals surface area contributed by atoms with E-state index in [1.807, 2.05) is 35.2 Å². The normalized spacial score (nSPS) is 25.3. The minimum atomic E-state index is -0.476. The molecule has 0 unspecified atom stereocenters. The SMILES string of the molecule is CC[C@@H]1CN(C(=O)C2CC2)CC[C@@H]1N[C@H](C(N)=O)c1ccccc1. The molecule has 0 spiro atoms. The van der Waals surface area contributed by atoms with Gasteiger partial charge in [-0.3, -0.25) is 14.9 Å². The van der Waals surface area contributed by atoms with E-state index in [1.165, 1.54) is 0 Å². The molecule has 1 aliphatic heterocycles. The van der Waals surface area contributed by atoms with Gasteiger partial charge in [0.1, 0.15) is 6.04 Å². The van der Waals surface area contributed by atoms with E-state index in [0.717, 1.165) is 44.3 Å². The molecule has 3 N–H and O–H groups in total. The molecule has 3 rings (SSSR count). The molecule has 1 saturated heterocycles. The Morgan fingerprint density at radius 2 is 1.96 bits per heavy atom. The van der Waals surface area contributed by atoms with Crippen LogP contribution in [0, 0.1) is 11.8 Å². The van der Waals surface area contributed by atoms with Gasteiger partial charge in [0.15, 0.2) is 0 Å². The number of hydrogen-bond acceptors (Lipinski definition) is 3. The van der Waals surface area contributed by atoms with Crippen molar-refractivity contribution in [2.24, 2.45) is 17.6 Å². The molecule has 2 aliphatic rings. The maximum Gasteiger partial charge on any atom is 0.239 e. The van der Waals surface area contributed by atoms with Gasteiger partial charge < -0.3 is 10.6 Å². The van der Waals surface area contributed by atoms with E-state index < -0.39 is 6.04 Å². The fraction of sp³-hybridized carbons (Fsp3) is 0.579. The summed E-state index contributed by atoms with van der Waals surface area (Å²) in [5.74, 6) is 0.593. The number of piperidine rings is 1. The van der Waals surface area contributed by atoms with Gasteiger partial charge in [-0.25, -0.2) is 0 Å². The Hall–Kier alpha value is -1.88. The molecule has 1 heterocycles. The van der Waals surface area contributed by atoms with Crippen LogP contribution in [-0.4, -0.2) is 35.8 Å². The lowest BCUT2D eigenvalue weighted by molar-refractivity contribution is -0.135. The third-order valence-corrected chi connectivity index (χ3v) is 5.29. The average Bonchev–Trinajstić information content (AvgIpc) is 3.44. The number of primary amides is 1. The third-order valence-electron chi connectivity index (χ3n) is 5.29. The number of benzene rings is 1. The Morgan fingerprint density at radius 3 is 2.54 bits per heavy atom. The number of nitrogens with zero attached hydrogens (tertiary/aromatic N) is 1. The van der Waals surface area contributed by atoms with Gasteiger partial charge in [0, 0.05) is 25.0 Å². The lowest BCUT2D eigenvalue weighted by Gasteiger charge is -2.40. The van der Waals surface area contributed by atoms with Crippen LogP contribution in [0.15, 0.2) is 30.3 Å². The van der Waals surface area contributed by atoms with E-state index in [0.29, 0.717) is 11.8 Å². The summed E-state index contributed by atoms with van der Waals surface area (Å²) < 4.78 is 0. The molecular formula is C19H27N3O2. The van der Waals surface area contributed by atoms with Crippen LogP contribution >= 0.6 is 0 Å². The largest absolute Gasteiger partial charge is 0.368 e. The van der Waals surface area contributed by atoms with Gasteiger partial charge in [-0.15, -0.1) is 0 Å². The molecule has 0 aromatic heterocycles.